The number of carbonyl (C=O) groups is 1. The van der Waals surface area contributed by atoms with E-state index in [1.54, 1.807) is 4.90 Å². The molecule has 0 spiro atoms. The lowest BCUT2D eigenvalue weighted by Crippen LogP contribution is -2.35. The first-order valence-corrected chi connectivity index (χ1v) is 6.71. The van der Waals surface area contributed by atoms with Crippen LogP contribution in [0.4, 0.5) is 17.6 Å². The maximum absolute atomic E-state index is 13.7. The van der Waals surface area contributed by atoms with Crippen LogP contribution in [-0.4, -0.2) is 41.3 Å². The predicted octanol–water partition coefficient (Wildman–Crippen LogP) is 2.82. The molecule has 0 aromatic heterocycles. The quantitative estimate of drug-likeness (QED) is 0.847. The van der Waals surface area contributed by atoms with Gasteiger partial charge in [-0.1, -0.05) is 6.07 Å². The van der Waals surface area contributed by atoms with E-state index in [0.717, 1.165) is 18.6 Å². The molecule has 0 unspecified atom stereocenters. The predicted molar refractivity (Wildman–Crippen MR) is 69.0 cm³/mol. The summed E-state index contributed by atoms with van der Waals surface area (Å²) in [5.41, 5.74) is 0.491. The van der Waals surface area contributed by atoms with E-state index in [-0.39, 0.29) is 6.54 Å². The highest BCUT2D eigenvalue weighted by Crippen LogP contribution is 2.25. The number of benzene rings is 1. The summed E-state index contributed by atoms with van der Waals surface area (Å²) in [5.74, 6) is -2.30. The molecule has 22 heavy (non-hydrogen) atoms. The van der Waals surface area contributed by atoms with Crippen LogP contribution >= 0.6 is 0 Å². The second-order valence-electron chi connectivity index (χ2n) is 5.14. The molecule has 1 aromatic rings. The van der Waals surface area contributed by atoms with Crippen LogP contribution in [0.25, 0.3) is 0 Å². The number of hydrogen-bond donors (Lipinski definition) is 1. The monoisotopic (exact) mass is 321 g/mol. The van der Waals surface area contributed by atoms with Gasteiger partial charge in [-0.2, -0.15) is 13.2 Å². The standard InChI is InChI=1S/C14H15F4NO3/c15-10-6-9(3-4-12(10)22-8-14(16,17)18)7-19-5-1-2-11(19)13(20)21/h3-4,6,11H,1-2,5,7-8H2,(H,20,21)/t11-/m1/s1. The number of alkyl halides is 3. The summed E-state index contributed by atoms with van der Waals surface area (Å²) < 4.78 is 54.2. The van der Waals surface area contributed by atoms with E-state index in [0.29, 0.717) is 18.5 Å². The fourth-order valence-corrected chi connectivity index (χ4v) is 2.45. The first-order chi connectivity index (χ1) is 10.3. The Labute approximate surface area is 124 Å². The second kappa shape index (κ2) is 6.51. The van der Waals surface area contributed by atoms with Crippen LogP contribution in [0.5, 0.6) is 5.75 Å². The maximum Gasteiger partial charge on any atom is 0.422 e. The number of carboxylic acids is 1. The van der Waals surface area contributed by atoms with Gasteiger partial charge in [-0.05, 0) is 37.1 Å². The van der Waals surface area contributed by atoms with E-state index < -0.39 is 36.4 Å². The molecule has 0 amide bonds. The molecule has 122 valence electrons. The smallest absolute Gasteiger partial charge is 0.422 e. The third kappa shape index (κ3) is 4.33. The number of carboxylic acid groups (broad SMARTS) is 1. The first kappa shape index (κ1) is 16.5. The van der Waals surface area contributed by atoms with Crippen LogP contribution in [0.1, 0.15) is 18.4 Å². The molecule has 0 saturated carbocycles. The molecule has 1 fully saturated rings. The highest BCUT2D eigenvalue weighted by atomic mass is 19.4. The van der Waals surface area contributed by atoms with Gasteiger partial charge in [0.25, 0.3) is 0 Å². The molecular weight excluding hydrogens is 306 g/mol. The molecule has 0 bridgehead atoms. The van der Waals surface area contributed by atoms with Crippen LogP contribution in [0.3, 0.4) is 0 Å². The summed E-state index contributed by atoms with van der Waals surface area (Å²) in [7, 11) is 0. The average Bonchev–Trinajstić information content (AvgIpc) is 2.85. The normalized spacial score (nSPS) is 19.4. The minimum Gasteiger partial charge on any atom is -0.481 e. The zero-order valence-electron chi connectivity index (χ0n) is 11.6. The summed E-state index contributed by atoms with van der Waals surface area (Å²) in [6.45, 7) is -0.741. The largest absolute Gasteiger partial charge is 0.481 e. The number of likely N-dealkylation sites (tertiary alicyclic amines) is 1. The number of aliphatic carboxylic acids is 1. The third-order valence-electron chi connectivity index (χ3n) is 3.42. The maximum atomic E-state index is 13.7. The van der Waals surface area contributed by atoms with Gasteiger partial charge >= 0.3 is 12.1 Å². The van der Waals surface area contributed by atoms with E-state index in [1.807, 2.05) is 0 Å². The summed E-state index contributed by atoms with van der Waals surface area (Å²) in [6.07, 6.45) is -3.26. The number of hydrogen-bond acceptors (Lipinski definition) is 3. The van der Waals surface area contributed by atoms with Crippen LogP contribution in [0.15, 0.2) is 18.2 Å². The van der Waals surface area contributed by atoms with E-state index >= 15 is 0 Å². The van der Waals surface area contributed by atoms with E-state index in [9.17, 15) is 22.4 Å². The van der Waals surface area contributed by atoms with Gasteiger partial charge in [0, 0.05) is 6.54 Å². The zero-order chi connectivity index (χ0) is 16.3. The van der Waals surface area contributed by atoms with Gasteiger partial charge in [0.05, 0.1) is 0 Å². The minimum atomic E-state index is -4.53. The molecule has 1 aromatic carbocycles. The summed E-state index contributed by atoms with van der Waals surface area (Å²) in [6, 6.07) is 3.03. The first-order valence-electron chi connectivity index (χ1n) is 6.71. The van der Waals surface area contributed by atoms with Crippen LogP contribution in [-0.2, 0) is 11.3 Å². The lowest BCUT2D eigenvalue weighted by molar-refractivity contribution is -0.153. The van der Waals surface area contributed by atoms with E-state index in [2.05, 4.69) is 4.74 Å². The molecule has 0 aliphatic carbocycles. The van der Waals surface area contributed by atoms with Crippen molar-refractivity contribution in [2.24, 2.45) is 0 Å². The van der Waals surface area contributed by atoms with Crippen LogP contribution in [0.2, 0.25) is 0 Å². The zero-order valence-corrected chi connectivity index (χ0v) is 11.6. The summed E-state index contributed by atoms with van der Waals surface area (Å²) in [4.78, 5) is 12.8. The van der Waals surface area contributed by atoms with Crippen LogP contribution < -0.4 is 4.74 Å². The van der Waals surface area contributed by atoms with Crippen LogP contribution in [0, 0.1) is 5.82 Å². The lowest BCUT2D eigenvalue weighted by atomic mass is 10.1. The van der Waals surface area contributed by atoms with Crippen molar-refractivity contribution in [1.82, 2.24) is 4.90 Å². The molecule has 1 aliphatic rings. The van der Waals surface area contributed by atoms with Crippen molar-refractivity contribution in [3.8, 4) is 5.75 Å². The Balaban J connectivity index is 2.01. The lowest BCUT2D eigenvalue weighted by Gasteiger charge is -2.21. The summed E-state index contributed by atoms with van der Waals surface area (Å²) in [5, 5.41) is 9.06. The van der Waals surface area contributed by atoms with Gasteiger partial charge in [-0.3, -0.25) is 9.69 Å². The van der Waals surface area contributed by atoms with Gasteiger partial charge in [0.1, 0.15) is 6.04 Å². The molecular formula is C14H15F4NO3. The van der Waals surface area contributed by atoms with Crippen molar-refractivity contribution in [3.63, 3.8) is 0 Å². The van der Waals surface area contributed by atoms with Crippen molar-refractivity contribution < 1.29 is 32.2 Å². The second-order valence-corrected chi connectivity index (χ2v) is 5.14. The van der Waals surface area contributed by atoms with E-state index in [1.165, 1.54) is 6.07 Å². The molecule has 8 heteroatoms. The Hall–Kier alpha value is -1.83. The number of halogens is 4. The fraction of sp³-hybridized carbons (Fsp3) is 0.500. The van der Waals surface area contributed by atoms with Crippen molar-refractivity contribution in [3.05, 3.63) is 29.6 Å². The Kier molecular flexibility index (Phi) is 4.90. The van der Waals surface area contributed by atoms with Crippen molar-refractivity contribution in [2.45, 2.75) is 31.6 Å². The van der Waals surface area contributed by atoms with Gasteiger partial charge in [0.15, 0.2) is 18.2 Å². The van der Waals surface area contributed by atoms with Gasteiger partial charge < -0.3 is 9.84 Å². The molecule has 0 radical (unpaired) electrons. The molecule has 1 N–H and O–H groups in total. The van der Waals surface area contributed by atoms with Crippen molar-refractivity contribution in [1.29, 1.82) is 0 Å². The minimum absolute atomic E-state index is 0.230. The highest BCUT2D eigenvalue weighted by Gasteiger charge is 2.31. The Morgan fingerprint density at radius 3 is 2.73 bits per heavy atom. The Morgan fingerprint density at radius 2 is 2.14 bits per heavy atom. The van der Waals surface area contributed by atoms with Crippen molar-refractivity contribution in [2.75, 3.05) is 13.2 Å². The number of rotatable bonds is 5. The molecule has 4 nitrogen and oxygen atoms in total. The number of ether oxygens (including phenoxy) is 1. The highest BCUT2D eigenvalue weighted by molar-refractivity contribution is 5.73. The Bertz CT molecular complexity index is 547. The number of nitrogens with zero attached hydrogens (tertiary/aromatic N) is 1. The molecule has 1 saturated heterocycles. The molecule has 1 heterocycles. The molecule has 1 atom stereocenters. The van der Waals surface area contributed by atoms with Crippen molar-refractivity contribution >= 4 is 5.97 Å². The van der Waals surface area contributed by atoms with E-state index in [4.69, 9.17) is 5.11 Å². The average molecular weight is 321 g/mol. The fourth-order valence-electron chi connectivity index (χ4n) is 2.45. The van der Waals surface area contributed by atoms with Gasteiger partial charge in [-0.15, -0.1) is 0 Å². The summed E-state index contributed by atoms with van der Waals surface area (Å²) >= 11 is 0. The molecule has 1 aliphatic heterocycles. The topological polar surface area (TPSA) is 49.8 Å². The Morgan fingerprint density at radius 1 is 1.41 bits per heavy atom. The third-order valence-corrected chi connectivity index (χ3v) is 3.42. The molecule has 2 rings (SSSR count). The van der Waals surface area contributed by atoms with Gasteiger partial charge in [0.2, 0.25) is 0 Å². The SMILES string of the molecule is O=C(O)[C@H]1CCCN1Cc1ccc(OCC(F)(F)F)c(F)c1. The van der Waals surface area contributed by atoms with Gasteiger partial charge in [-0.25, -0.2) is 4.39 Å².